The van der Waals surface area contributed by atoms with Crippen LogP contribution in [0.1, 0.15) is 12.0 Å². The summed E-state index contributed by atoms with van der Waals surface area (Å²) in [5.74, 6) is -1.57. The van der Waals surface area contributed by atoms with Crippen LogP contribution in [-0.4, -0.2) is 28.0 Å². The molecule has 0 saturated carbocycles. The normalized spacial score (nSPS) is 11.8. The van der Waals surface area contributed by atoms with Gasteiger partial charge in [-0.25, -0.2) is 0 Å². The van der Waals surface area contributed by atoms with Crippen LogP contribution in [0.15, 0.2) is 42.7 Å². The van der Waals surface area contributed by atoms with Crippen molar-refractivity contribution < 1.29 is 14.7 Å². The fourth-order valence-electron chi connectivity index (χ4n) is 2.01. The van der Waals surface area contributed by atoms with Crippen LogP contribution in [-0.2, 0) is 16.1 Å². The van der Waals surface area contributed by atoms with E-state index in [-0.39, 0.29) is 6.42 Å². The quantitative estimate of drug-likeness (QED) is 0.699. The van der Waals surface area contributed by atoms with Gasteiger partial charge in [-0.15, -0.1) is 0 Å². The Morgan fingerprint density at radius 3 is 2.50 bits per heavy atom. The van der Waals surface area contributed by atoms with Crippen molar-refractivity contribution in [2.45, 2.75) is 19.0 Å². The molecule has 1 heterocycles. The summed E-state index contributed by atoms with van der Waals surface area (Å²) in [5.41, 5.74) is 1.24. The highest BCUT2D eigenvalue weighted by Gasteiger charge is 2.21. The van der Waals surface area contributed by atoms with Gasteiger partial charge in [-0.1, -0.05) is 29.3 Å². The van der Waals surface area contributed by atoms with Crippen LogP contribution in [0.4, 0.5) is 5.69 Å². The minimum Gasteiger partial charge on any atom is -0.480 e. The van der Waals surface area contributed by atoms with Crippen LogP contribution in [0.3, 0.4) is 0 Å². The molecule has 1 aromatic carbocycles. The fourth-order valence-corrected chi connectivity index (χ4v) is 2.54. The Bertz CT molecular complexity index is 706. The molecule has 6 nitrogen and oxygen atoms in total. The highest BCUT2D eigenvalue weighted by Crippen LogP contribution is 2.22. The van der Waals surface area contributed by atoms with Gasteiger partial charge in [0, 0.05) is 34.7 Å². The number of anilines is 1. The molecule has 0 unspecified atom stereocenters. The smallest absolute Gasteiger partial charge is 0.321 e. The maximum Gasteiger partial charge on any atom is 0.321 e. The van der Waals surface area contributed by atoms with E-state index in [1.807, 2.05) is 6.07 Å². The molecule has 24 heavy (non-hydrogen) atoms. The monoisotopic (exact) mass is 367 g/mol. The van der Waals surface area contributed by atoms with Crippen molar-refractivity contribution in [3.8, 4) is 0 Å². The Morgan fingerprint density at radius 1 is 1.21 bits per heavy atom. The van der Waals surface area contributed by atoms with Crippen LogP contribution in [0, 0.1) is 0 Å². The van der Waals surface area contributed by atoms with Crippen LogP contribution < -0.4 is 10.6 Å². The van der Waals surface area contributed by atoms with Gasteiger partial charge in [0.2, 0.25) is 5.91 Å². The number of carboxylic acids is 1. The Morgan fingerprint density at radius 2 is 1.92 bits per heavy atom. The molecule has 1 amide bonds. The van der Waals surface area contributed by atoms with Crippen LogP contribution in [0.25, 0.3) is 0 Å². The number of aliphatic carboxylic acids is 1. The molecule has 8 heteroatoms. The number of carbonyl (C=O) groups is 2. The number of hydrogen-bond donors (Lipinski definition) is 3. The Kier molecular flexibility index (Phi) is 6.54. The summed E-state index contributed by atoms with van der Waals surface area (Å²) >= 11 is 11.7. The summed E-state index contributed by atoms with van der Waals surface area (Å²) in [6.45, 7) is 0.293. The number of halogens is 2. The van der Waals surface area contributed by atoms with Gasteiger partial charge in [0.1, 0.15) is 6.04 Å². The Hall–Kier alpha value is -2.15. The highest BCUT2D eigenvalue weighted by atomic mass is 35.5. The van der Waals surface area contributed by atoms with Gasteiger partial charge in [0.15, 0.2) is 0 Å². The lowest BCUT2D eigenvalue weighted by Crippen LogP contribution is -2.39. The fraction of sp³-hybridized carbons (Fsp3) is 0.188. The van der Waals surface area contributed by atoms with E-state index in [2.05, 4.69) is 15.6 Å². The SMILES string of the molecule is O=C(C[C@@H](NCc1cccnc1)C(=O)O)Nc1cc(Cl)cc(Cl)c1. The topological polar surface area (TPSA) is 91.3 Å². The van der Waals surface area contributed by atoms with E-state index < -0.39 is 17.9 Å². The molecule has 0 fully saturated rings. The number of nitrogens with zero attached hydrogens (tertiary/aromatic N) is 1. The number of benzene rings is 1. The third-order valence-corrected chi connectivity index (χ3v) is 3.55. The van der Waals surface area contributed by atoms with Gasteiger partial charge >= 0.3 is 5.97 Å². The van der Waals surface area contributed by atoms with Gasteiger partial charge in [-0.2, -0.15) is 0 Å². The lowest BCUT2D eigenvalue weighted by Gasteiger charge is -2.14. The summed E-state index contributed by atoms with van der Waals surface area (Å²) in [7, 11) is 0. The van der Waals surface area contributed by atoms with Crippen LogP contribution >= 0.6 is 23.2 Å². The van der Waals surface area contributed by atoms with Crippen molar-refractivity contribution in [1.29, 1.82) is 0 Å². The van der Waals surface area contributed by atoms with E-state index in [1.54, 1.807) is 18.5 Å². The third kappa shape index (κ3) is 5.81. The van der Waals surface area contributed by atoms with Gasteiger partial charge < -0.3 is 10.4 Å². The predicted molar refractivity (Wildman–Crippen MR) is 92.2 cm³/mol. The molecule has 0 aliphatic heterocycles. The molecular formula is C16H15Cl2N3O3. The maximum absolute atomic E-state index is 12.0. The zero-order chi connectivity index (χ0) is 17.5. The zero-order valence-corrected chi connectivity index (χ0v) is 14.0. The average molecular weight is 368 g/mol. The van der Waals surface area contributed by atoms with E-state index in [1.165, 1.54) is 18.2 Å². The second-order valence-corrected chi connectivity index (χ2v) is 5.92. The second-order valence-electron chi connectivity index (χ2n) is 5.04. The van der Waals surface area contributed by atoms with Crippen molar-refractivity contribution in [1.82, 2.24) is 10.3 Å². The first-order valence-corrected chi connectivity index (χ1v) is 7.80. The Balaban J connectivity index is 1.94. The average Bonchev–Trinajstić information content (AvgIpc) is 2.51. The number of pyridine rings is 1. The number of nitrogens with one attached hydrogen (secondary N) is 2. The van der Waals surface area contributed by atoms with Gasteiger partial charge in [-0.05, 0) is 29.8 Å². The first-order chi connectivity index (χ1) is 11.4. The largest absolute Gasteiger partial charge is 0.480 e. The number of aromatic nitrogens is 1. The van der Waals surface area contributed by atoms with Gasteiger partial charge in [0.05, 0.1) is 6.42 Å². The maximum atomic E-state index is 12.0. The first kappa shape index (κ1) is 18.2. The molecule has 0 aliphatic carbocycles. The highest BCUT2D eigenvalue weighted by molar-refractivity contribution is 6.35. The number of carbonyl (C=O) groups excluding carboxylic acids is 1. The molecule has 0 spiro atoms. The summed E-state index contributed by atoms with van der Waals surface area (Å²) in [6, 6.07) is 7.14. The van der Waals surface area contributed by atoms with Crippen LogP contribution in [0.5, 0.6) is 0 Å². The molecule has 0 radical (unpaired) electrons. The summed E-state index contributed by atoms with van der Waals surface area (Å²) < 4.78 is 0. The summed E-state index contributed by atoms with van der Waals surface area (Å²) in [5, 5.41) is 15.4. The zero-order valence-electron chi connectivity index (χ0n) is 12.5. The van der Waals surface area contributed by atoms with Crippen molar-refractivity contribution in [3.05, 3.63) is 58.3 Å². The predicted octanol–water partition coefficient (Wildman–Crippen LogP) is 2.96. The van der Waals surface area contributed by atoms with Crippen molar-refractivity contribution >= 4 is 40.8 Å². The molecule has 0 saturated heterocycles. The molecule has 0 aliphatic rings. The van der Waals surface area contributed by atoms with E-state index in [0.717, 1.165) is 5.56 Å². The number of rotatable bonds is 7. The molecule has 3 N–H and O–H groups in total. The molecule has 1 atom stereocenters. The number of hydrogen-bond acceptors (Lipinski definition) is 4. The molecule has 126 valence electrons. The standard InChI is InChI=1S/C16H15Cl2N3O3/c17-11-4-12(18)6-13(5-11)21-15(22)7-14(16(23)24)20-9-10-2-1-3-19-8-10/h1-6,8,14,20H,7,9H2,(H,21,22)(H,23,24)/t14-/m1/s1. The minimum atomic E-state index is -1.11. The molecule has 2 aromatic rings. The summed E-state index contributed by atoms with van der Waals surface area (Å²) in [6.07, 6.45) is 3.02. The second kappa shape index (κ2) is 8.63. The molecular weight excluding hydrogens is 353 g/mol. The van der Waals surface area contributed by atoms with Crippen molar-refractivity contribution in [2.75, 3.05) is 5.32 Å². The number of carboxylic acid groups (broad SMARTS) is 1. The first-order valence-electron chi connectivity index (χ1n) is 7.05. The van der Waals surface area contributed by atoms with E-state index in [9.17, 15) is 14.7 Å². The molecule has 0 bridgehead atoms. The Labute approximate surface area is 148 Å². The molecule has 2 rings (SSSR count). The van der Waals surface area contributed by atoms with E-state index >= 15 is 0 Å². The van der Waals surface area contributed by atoms with E-state index in [0.29, 0.717) is 22.3 Å². The van der Waals surface area contributed by atoms with Crippen molar-refractivity contribution in [3.63, 3.8) is 0 Å². The summed E-state index contributed by atoms with van der Waals surface area (Å²) in [4.78, 5) is 27.3. The number of amides is 1. The van der Waals surface area contributed by atoms with Gasteiger partial charge in [0.25, 0.3) is 0 Å². The lowest BCUT2D eigenvalue weighted by molar-refractivity contribution is -0.141. The van der Waals surface area contributed by atoms with Gasteiger partial charge in [-0.3, -0.25) is 19.9 Å². The lowest BCUT2D eigenvalue weighted by atomic mass is 10.1. The van der Waals surface area contributed by atoms with E-state index in [4.69, 9.17) is 23.2 Å². The molecule has 1 aromatic heterocycles. The van der Waals surface area contributed by atoms with Crippen LogP contribution in [0.2, 0.25) is 10.0 Å². The van der Waals surface area contributed by atoms with Crippen molar-refractivity contribution in [2.24, 2.45) is 0 Å². The minimum absolute atomic E-state index is 0.236. The third-order valence-electron chi connectivity index (χ3n) is 3.11.